The van der Waals surface area contributed by atoms with Crippen LogP contribution in [-0.2, 0) is 19.1 Å². The van der Waals surface area contributed by atoms with Crippen LogP contribution in [0.25, 0.3) is 0 Å². The van der Waals surface area contributed by atoms with Gasteiger partial charge in [0.15, 0.2) is 0 Å². The molecule has 2 atom stereocenters. The quantitative estimate of drug-likeness (QED) is 0.153. The van der Waals surface area contributed by atoms with Gasteiger partial charge in [0.2, 0.25) is 0 Å². The topological polar surface area (TPSA) is 52.6 Å². The Bertz CT molecular complexity index is 1420. The standard InChI is InChI=1S/C38H38O4/c1-37(2,41-35(39)33(28-16-8-4-9-17-28)29-18-10-5-11-19-29)32-24-26-38(3,27-25-32)42-36(40)34(30-20-12-6-13-21-30)31-22-14-7-15-23-31/h4-24,26,32-34H,25,27H2,1-3H3/t32?,38-/m0/s1. The molecule has 214 valence electrons. The molecule has 4 aromatic carbocycles. The smallest absolute Gasteiger partial charge is 0.318 e. The molecule has 0 spiro atoms. The highest BCUT2D eigenvalue weighted by molar-refractivity contribution is 5.83. The van der Waals surface area contributed by atoms with Gasteiger partial charge in [-0.3, -0.25) is 9.59 Å². The molecular weight excluding hydrogens is 520 g/mol. The molecule has 5 rings (SSSR count). The third-order valence-electron chi connectivity index (χ3n) is 8.23. The molecule has 1 aliphatic rings. The molecule has 0 aliphatic heterocycles. The largest absolute Gasteiger partial charge is 0.458 e. The summed E-state index contributed by atoms with van der Waals surface area (Å²) in [6.07, 6.45) is 5.35. The Kier molecular flexibility index (Phi) is 8.72. The first kappa shape index (κ1) is 29.1. The van der Waals surface area contributed by atoms with Gasteiger partial charge in [0, 0.05) is 5.92 Å². The third-order valence-corrected chi connectivity index (χ3v) is 8.23. The minimum absolute atomic E-state index is 0.0283. The monoisotopic (exact) mass is 558 g/mol. The van der Waals surface area contributed by atoms with E-state index >= 15 is 0 Å². The zero-order chi connectivity index (χ0) is 29.6. The van der Waals surface area contributed by atoms with Crippen LogP contribution in [0.2, 0.25) is 0 Å². The van der Waals surface area contributed by atoms with Crippen LogP contribution in [0.1, 0.15) is 67.7 Å². The zero-order valence-corrected chi connectivity index (χ0v) is 24.5. The number of rotatable bonds is 9. The molecule has 0 amide bonds. The van der Waals surface area contributed by atoms with E-state index in [1.54, 1.807) is 0 Å². The van der Waals surface area contributed by atoms with Crippen LogP contribution in [0, 0.1) is 5.92 Å². The molecular formula is C38H38O4. The molecule has 0 aromatic heterocycles. The molecule has 0 heterocycles. The van der Waals surface area contributed by atoms with Gasteiger partial charge in [-0.2, -0.15) is 0 Å². The van der Waals surface area contributed by atoms with Crippen LogP contribution >= 0.6 is 0 Å². The van der Waals surface area contributed by atoms with Crippen molar-refractivity contribution >= 4 is 11.9 Å². The van der Waals surface area contributed by atoms with Crippen molar-refractivity contribution in [3.05, 3.63) is 156 Å². The summed E-state index contributed by atoms with van der Waals surface area (Å²) in [5.74, 6) is -1.62. The maximum Gasteiger partial charge on any atom is 0.318 e. The summed E-state index contributed by atoms with van der Waals surface area (Å²) < 4.78 is 12.5. The van der Waals surface area contributed by atoms with Crippen molar-refractivity contribution in [1.82, 2.24) is 0 Å². The molecule has 1 unspecified atom stereocenters. The van der Waals surface area contributed by atoms with Gasteiger partial charge in [-0.15, -0.1) is 0 Å². The lowest BCUT2D eigenvalue weighted by atomic mass is 9.78. The van der Waals surface area contributed by atoms with E-state index in [4.69, 9.17) is 9.47 Å². The number of carbonyl (C=O) groups is 2. The molecule has 0 radical (unpaired) electrons. The van der Waals surface area contributed by atoms with Crippen LogP contribution < -0.4 is 0 Å². The minimum atomic E-state index is -0.758. The van der Waals surface area contributed by atoms with E-state index in [-0.39, 0.29) is 17.9 Å². The highest BCUT2D eigenvalue weighted by Crippen LogP contribution is 2.39. The van der Waals surface area contributed by atoms with Gasteiger partial charge < -0.3 is 9.47 Å². The summed E-state index contributed by atoms with van der Waals surface area (Å²) in [6, 6.07) is 39.0. The lowest BCUT2D eigenvalue weighted by molar-refractivity contribution is -0.162. The van der Waals surface area contributed by atoms with Gasteiger partial charge in [0.1, 0.15) is 23.0 Å². The zero-order valence-electron chi connectivity index (χ0n) is 24.5. The maximum absolute atomic E-state index is 13.7. The van der Waals surface area contributed by atoms with Gasteiger partial charge in [0.05, 0.1) is 0 Å². The van der Waals surface area contributed by atoms with Crippen molar-refractivity contribution in [2.75, 3.05) is 0 Å². The summed E-state index contributed by atoms with van der Waals surface area (Å²) >= 11 is 0. The van der Waals surface area contributed by atoms with Gasteiger partial charge in [-0.1, -0.05) is 127 Å². The fourth-order valence-electron chi connectivity index (χ4n) is 5.80. The normalized spacial score (nSPS) is 18.5. The maximum atomic E-state index is 13.7. The fraction of sp³-hybridized carbons (Fsp3) is 0.263. The Morgan fingerprint density at radius 1 is 0.667 bits per heavy atom. The van der Waals surface area contributed by atoms with Crippen LogP contribution in [-0.4, -0.2) is 23.1 Å². The van der Waals surface area contributed by atoms with Crippen molar-refractivity contribution in [2.24, 2.45) is 5.92 Å². The molecule has 0 N–H and O–H groups in total. The van der Waals surface area contributed by atoms with E-state index in [1.807, 2.05) is 154 Å². The highest BCUT2D eigenvalue weighted by atomic mass is 16.6. The highest BCUT2D eigenvalue weighted by Gasteiger charge is 2.41. The van der Waals surface area contributed by atoms with E-state index in [0.717, 1.165) is 22.3 Å². The Morgan fingerprint density at radius 2 is 1.05 bits per heavy atom. The van der Waals surface area contributed by atoms with E-state index in [2.05, 4.69) is 0 Å². The summed E-state index contributed by atoms with van der Waals surface area (Å²) in [7, 11) is 0. The van der Waals surface area contributed by atoms with Crippen LogP contribution in [0.15, 0.2) is 133 Å². The first-order chi connectivity index (χ1) is 20.3. The van der Waals surface area contributed by atoms with Gasteiger partial charge in [0.25, 0.3) is 0 Å². The van der Waals surface area contributed by atoms with Gasteiger partial charge >= 0.3 is 11.9 Å². The summed E-state index contributed by atoms with van der Waals surface area (Å²) in [5, 5.41) is 0. The first-order valence-electron chi connectivity index (χ1n) is 14.6. The molecule has 1 aliphatic carbocycles. The molecule has 4 aromatic rings. The van der Waals surface area contributed by atoms with Crippen molar-refractivity contribution in [3.63, 3.8) is 0 Å². The number of benzene rings is 4. The fourth-order valence-corrected chi connectivity index (χ4v) is 5.80. The lowest BCUT2D eigenvalue weighted by Gasteiger charge is -2.39. The van der Waals surface area contributed by atoms with Crippen molar-refractivity contribution in [3.8, 4) is 0 Å². The van der Waals surface area contributed by atoms with Crippen LogP contribution in [0.3, 0.4) is 0 Å². The first-order valence-corrected chi connectivity index (χ1v) is 14.6. The average molecular weight is 559 g/mol. The summed E-state index contributed by atoms with van der Waals surface area (Å²) in [6.45, 7) is 5.87. The molecule has 42 heavy (non-hydrogen) atoms. The number of hydrogen-bond acceptors (Lipinski definition) is 4. The summed E-state index contributed by atoms with van der Waals surface area (Å²) in [4.78, 5) is 27.4. The Balaban J connectivity index is 1.31. The molecule has 0 saturated heterocycles. The number of hydrogen-bond donors (Lipinski definition) is 0. The Hall–Kier alpha value is -4.44. The Labute approximate surface area is 249 Å². The van der Waals surface area contributed by atoms with Crippen molar-refractivity contribution in [1.29, 1.82) is 0 Å². The second kappa shape index (κ2) is 12.6. The van der Waals surface area contributed by atoms with Gasteiger partial charge in [-0.25, -0.2) is 0 Å². The lowest BCUT2D eigenvalue weighted by Crippen LogP contribution is -2.42. The average Bonchev–Trinajstić information content (AvgIpc) is 2.99. The van der Waals surface area contributed by atoms with Crippen molar-refractivity contribution in [2.45, 2.75) is 56.7 Å². The van der Waals surface area contributed by atoms with Crippen LogP contribution in [0.4, 0.5) is 0 Å². The Morgan fingerprint density at radius 3 is 1.40 bits per heavy atom. The molecule has 0 fully saturated rings. The molecule has 0 bridgehead atoms. The van der Waals surface area contributed by atoms with Gasteiger partial charge in [-0.05, 0) is 61.9 Å². The summed E-state index contributed by atoms with van der Waals surface area (Å²) in [5.41, 5.74) is 2.08. The number of esters is 2. The van der Waals surface area contributed by atoms with E-state index < -0.39 is 23.0 Å². The second-order valence-corrected chi connectivity index (χ2v) is 11.8. The molecule has 4 heteroatoms. The number of ether oxygens (including phenoxy) is 2. The SMILES string of the molecule is CC(C)(OC(=O)C(c1ccccc1)c1ccccc1)C1C=C[C@](C)(OC(=O)C(c2ccccc2)c2ccccc2)CC1. The number of carbonyl (C=O) groups excluding carboxylic acids is 2. The predicted octanol–water partition coefficient (Wildman–Crippen LogP) is 8.24. The molecule has 4 nitrogen and oxygen atoms in total. The van der Waals surface area contributed by atoms with E-state index in [1.165, 1.54) is 0 Å². The van der Waals surface area contributed by atoms with E-state index in [0.29, 0.717) is 12.8 Å². The third kappa shape index (κ3) is 6.71. The minimum Gasteiger partial charge on any atom is -0.458 e. The predicted molar refractivity (Wildman–Crippen MR) is 166 cm³/mol. The second-order valence-electron chi connectivity index (χ2n) is 11.8. The van der Waals surface area contributed by atoms with Crippen LogP contribution in [0.5, 0.6) is 0 Å². The van der Waals surface area contributed by atoms with Crippen molar-refractivity contribution < 1.29 is 19.1 Å². The van der Waals surface area contributed by atoms with E-state index in [9.17, 15) is 9.59 Å². The molecule has 0 saturated carbocycles.